The second kappa shape index (κ2) is 14.8. The molecular formula is C28H45ClN4O3. The van der Waals surface area contributed by atoms with Crippen LogP contribution in [0.4, 0.5) is 4.79 Å². The Morgan fingerprint density at radius 3 is 2.58 bits per heavy atom. The van der Waals surface area contributed by atoms with Crippen LogP contribution in [0.3, 0.4) is 0 Å². The molecule has 1 saturated heterocycles. The molecule has 3 atom stereocenters. The van der Waals surface area contributed by atoms with E-state index in [1.54, 1.807) is 0 Å². The van der Waals surface area contributed by atoms with E-state index in [0.717, 1.165) is 37.9 Å². The van der Waals surface area contributed by atoms with Crippen molar-refractivity contribution in [2.75, 3.05) is 33.3 Å². The maximum Gasteiger partial charge on any atom is 0.317 e. The van der Waals surface area contributed by atoms with Crippen molar-refractivity contribution >= 4 is 23.5 Å². The lowest BCUT2D eigenvalue weighted by Crippen LogP contribution is -2.52. The molecular weight excluding hydrogens is 476 g/mol. The van der Waals surface area contributed by atoms with Gasteiger partial charge in [-0.2, -0.15) is 0 Å². The molecule has 8 heteroatoms. The summed E-state index contributed by atoms with van der Waals surface area (Å²) in [6.07, 6.45) is 9.03. The maximum atomic E-state index is 13.3. The maximum absolute atomic E-state index is 13.3. The lowest BCUT2D eigenvalue weighted by atomic mass is 9.85. The number of rotatable bonds is 11. The molecule has 1 saturated carbocycles. The van der Waals surface area contributed by atoms with Crippen molar-refractivity contribution in [2.45, 2.75) is 83.4 Å². The molecule has 0 aromatic heterocycles. The minimum absolute atomic E-state index is 0.00171. The van der Waals surface area contributed by atoms with Crippen LogP contribution < -0.4 is 16.0 Å². The third-order valence-electron chi connectivity index (χ3n) is 7.31. The average Bonchev–Trinajstić information content (AvgIpc) is 2.85. The topological polar surface area (TPSA) is 82.7 Å². The van der Waals surface area contributed by atoms with Crippen LogP contribution in [0.5, 0.6) is 0 Å². The van der Waals surface area contributed by atoms with E-state index in [-0.39, 0.29) is 42.7 Å². The van der Waals surface area contributed by atoms with E-state index >= 15 is 0 Å². The molecule has 3 N–H and O–H groups in total. The van der Waals surface area contributed by atoms with E-state index in [2.05, 4.69) is 16.0 Å². The molecule has 1 aliphatic carbocycles. The number of nitrogens with one attached hydrogen (secondary N) is 3. The molecule has 3 rings (SSSR count). The number of ether oxygens (including phenoxy) is 1. The van der Waals surface area contributed by atoms with Gasteiger partial charge in [-0.25, -0.2) is 4.79 Å². The second-order valence-electron chi connectivity index (χ2n) is 10.8. The molecule has 202 valence electrons. The van der Waals surface area contributed by atoms with Crippen LogP contribution in [0.25, 0.3) is 0 Å². The second-order valence-corrected chi connectivity index (χ2v) is 11.2. The Morgan fingerprint density at radius 1 is 1.11 bits per heavy atom. The number of nitrogens with zero attached hydrogens (tertiary/aromatic N) is 1. The fourth-order valence-corrected chi connectivity index (χ4v) is 5.89. The molecule has 1 aromatic carbocycles. The Morgan fingerprint density at radius 2 is 1.89 bits per heavy atom. The molecule has 0 spiro atoms. The number of hydrogen-bond acceptors (Lipinski definition) is 4. The Hall–Kier alpha value is -1.83. The number of hydrogen-bond donors (Lipinski definition) is 3. The molecule has 36 heavy (non-hydrogen) atoms. The van der Waals surface area contributed by atoms with E-state index < -0.39 is 0 Å². The quantitative estimate of drug-likeness (QED) is 0.387. The van der Waals surface area contributed by atoms with Crippen molar-refractivity contribution < 1.29 is 14.3 Å². The summed E-state index contributed by atoms with van der Waals surface area (Å²) in [6.45, 7) is 5.93. The van der Waals surface area contributed by atoms with Gasteiger partial charge in [0.1, 0.15) is 6.61 Å². The van der Waals surface area contributed by atoms with Crippen molar-refractivity contribution in [3.63, 3.8) is 0 Å². The molecule has 2 aliphatic rings. The first-order chi connectivity index (χ1) is 17.4. The minimum atomic E-state index is -0.312. The molecule has 0 radical (unpaired) electrons. The van der Waals surface area contributed by atoms with Crippen molar-refractivity contribution in [3.05, 3.63) is 34.9 Å². The van der Waals surface area contributed by atoms with Crippen molar-refractivity contribution in [1.29, 1.82) is 0 Å². The fraction of sp³-hybridized carbons (Fsp3) is 0.714. The van der Waals surface area contributed by atoms with E-state index in [1.807, 2.05) is 50.1 Å². The van der Waals surface area contributed by atoms with Crippen molar-refractivity contribution in [1.82, 2.24) is 20.9 Å². The Kier molecular flexibility index (Phi) is 11.8. The molecule has 1 heterocycles. The van der Waals surface area contributed by atoms with Gasteiger partial charge in [-0.1, -0.05) is 55.8 Å². The zero-order valence-corrected chi connectivity index (χ0v) is 23.0. The number of carbonyl (C=O) groups is 2. The summed E-state index contributed by atoms with van der Waals surface area (Å²) >= 11 is 6.29. The number of amides is 3. The smallest absolute Gasteiger partial charge is 0.317 e. The van der Waals surface area contributed by atoms with Crippen molar-refractivity contribution in [3.8, 4) is 0 Å². The molecule has 0 bridgehead atoms. The summed E-state index contributed by atoms with van der Waals surface area (Å²) < 4.78 is 6.19. The molecule has 7 nitrogen and oxygen atoms in total. The SMILES string of the molecule is CNCC(CC1CCCCC1)NC(=O)N1CCCC([C@@H](OCC(=O)NC(C)C)c2cccc(Cl)c2)C1. The standard InChI is InChI=1S/C28H45ClN4O3/c1-20(2)31-26(34)19-36-27(22-11-7-13-24(29)16-22)23-12-8-14-33(18-23)28(35)32-25(17-30-3)15-21-9-5-4-6-10-21/h7,11,13,16,20-21,23,25,27,30H,4-6,8-10,12,14-15,17-19H2,1-3H3,(H,31,34)(H,32,35)/t23?,25?,27-/m0/s1. The summed E-state index contributed by atoms with van der Waals surface area (Å²) in [5, 5.41) is 10.1. The zero-order chi connectivity index (χ0) is 25.9. The first-order valence-corrected chi connectivity index (χ1v) is 14.1. The fourth-order valence-electron chi connectivity index (χ4n) is 5.69. The Balaban J connectivity index is 1.65. The van der Waals surface area contributed by atoms with Gasteiger partial charge < -0.3 is 25.6 Å². The number of piperidine rings is 1. The number of likely N-dealkylation sites (N-methyl/N-ethyl adjacent to an activating group) is 1. The first kappa shape index (κ1) is 28.7. The van der Waals surface area contributed by atoms with Crippen LogP contribution >= 0.6 is 11.6 Å². The van der Waals surface area contributed by atoms with E-state index in [1.165, 1.54) is 32.1 Å². The summed E-state index contributed by atoms with van der Waals surface area (Å²) in [6, 6.07) is 7.82. The third kappa shape index (κ3) is 9.24. The van der Waals surface area contributed by atoms with Gasteiger partial charge in [0.25, 0.3) is 0 Å². The number of urea groups is 1. The minimum Gasteiger partial charge on any atom is -0.363 e. The highest BCUT2D eigenvalue weighted by Crippen LogP contribution is 2.34. The number of likely N-dealkylation sites (tertiary alicyclic amines) is 1. The highest BCUT2D eigenvalue weighted by Gasteiger charge is 2.32. The monoisotopic (exact) mass is 520 g/mol. The number of halogens is 1. The van der Waals surface area contributed by atoms with Crippen LogP contribution in [0.2, 0.25) is 5.02 Å². The summed E-state index contributed by atoms with van der Waals surface area (Å²) in [5.74, 6) is 0.639. The van der Waals surface area contributed by atoms with Gasteiger partial charge >= 0.3 is 6.03 Å². The number of carbonyl (C=O) groups excluding carboxylic acids is 2. The highest BCUT2D eigenvalue weighted by molar-refractivity contribution is 6.30. The van der Waals surface area contributed by atoms with E-state index in [9.17, 15) is 9.59 Å². The van der Waals surface area contributed by atoms with Gasteiger partial charge in [0, 0.05) is 42.7 Å². The summed E-state index contributed by atoms with van der Waals surface area (Å²) in [4.78, 5) is 27.6. The van der Waals surface area contributed by atoms with E-state index in [4.69, 9.17) is 16.3 Å². The Bertz CT molecular complexity index is 831. The molecule has 1 aliphatic heterocycles. The average molecular weight is 521 g/mol. The molecule has 2 fully saturated rings. The molecule has 1 aromatic rings. The predicted octanol–water partition coefficient (Wildman–Crippen LogP) is 4.90. The van der Waals surface area contributed by atoms with Gasteiger partial charge in [0.05, 0.1) is 6.10 Å². The predicted molar refractivity (Wildman–Crippen MR) is 145 cm³/mol. The van der Waals surface area contributed by atoms with Crippen LogP contribution in [0.1, 0.15) is 76.9 Å². The van der Waals surface area contributed by atoms with Gasteiger partial charge in [0.15, 0.2) is 0 Å². The third-order valence-corrected chi connectivity index (χ3v) is 7.55. The van der Waals surface area contributed by atoms with Gasteiger partial charge in [-0.15, -0.1) is 0 Å². The zero-order valence-electron chi connectivity index (χ0n) is 22.2. The van der Waals surface area contributed by atoms with Gasteiger partial charge in [0.2, 0.25) is 5.91 Å². The van der Waals surface area contributed by atoms with E-state index in [0.29, 0.717) is 17.5 Å². The van der Waals surface area contributed by atoms with Crippen LogP contribution in [0.15, 0.2) is 24.3 Å². The van der Waals surface area contributed by atoms with Crippen LogP contribution in [-0.2, 0) is 9.53 Å². The Labute approximate surface area is 222 Å². The van der Waals surface area contributed by atoms with Crippen LogP contribution in [-0.4, -0.2) is 62.2 Å². The lowest BCUT2D eigenvalue weighted by Gasteiger charge is -2.38. The molecule has 2 unspecified atom stereocenters. The lowest BCUT2D eigenvalue weighted by molar-refractivity contribution is -0.130. The van der Waals surface area contributed by atoms with Crippen LogP contribution in [0, 0.1) is 11.8 Å². The normalized spacial score (nSPS) is 20.7. The summed E-state index contributed by atoms with van der Waals surface area (Å²) in [7, 11) is 1.94. The number of benzene rings is 1. The van der Waals surface area contributed by atoms with Gasteiger partial charge in [-0.05, 0) is 63.8 Å². The highest BCUT2D eigenvalue weighted by atomic mass is 35.5. The van der Waals surface area contributed by atoms with Gasteiger partial charge in [-0.3, -0.25) is 4.79 Å². The largest absolute Gasteiger partial charge is 0.363 e. The first-order valence-electron chi connectivity index (χ1n) is 13.7. The van der Waals surface area contributed by atoms with Crippen molar-refractivity contribution in [2.24, 2.45) is 11.8 Å². The summed E-state index contributed by atoms with van der Waals surface area (Å²) in [5.41, 5.74) is 0.942. The molecule has 3 amide bonds.